The summed E-state index contributed by atoms with van der Waals surface area (Å²) in [4.78, 5) is 31.3. The molecule has 4 rings (SSSR count). The fourth-order valence-electron chi connectivity index (χ4n) is 3.40. The first-order chi connectivity index (χ1) is 13.6. The third-order valence-electron chi connectivity index (χ3n) is 4.76. The van der Waals surface area contributed by atoms with E-state index in [1.807, 2.05) is 25.1 Å². The maximum absolute atomic E-state index is 12.3. The average molecular weight is 418 g/mol. The summed E-state index contributed by atoms with van der Waals surface area (Å²) in [6, 6.07) is 5.93. The van der Waals surface area contributed by atoms with Gasteiger partial charge in [-0.2, -0.15) is 4.98 Å². The van der Waals surface area contributed by atoms with Crippen LogP contribution in [0.25, 0.3) is 10.2 Å². The van der Waals surface area contributed by atoms with Gasteiger partial charge in [-0.15, -0.1) is 11.3 Å². The van der Waals surface area contributed by atoms with Gasteiger partial charge >= 0.3 is 5.97 Å². The molecule has 7 nitrogen and oxygen atoms in total. The lowest BCUT2D eigenvalue weighted by atomic mass is 10.2. The van der Waals surface area contributed by atoms with E-state index < -0.39 is 0 Å². The molecule has 0 N–H and O–H groups in total. The van der Waals surface area contributed by atoms with Gasteiger partial charge in [-0.3, -0.25) is 0 Å². The Morgan fingerprint density at radius 2 is 1.96 bits per heavy atom. The normalized spacial score (nSPS) is 14.5. The van der Waals surface area contributed by atoms with Crippen LogP contribution in [0.15, 0.2) is 24.4 Å². The van der Waals surface area contributed by atoms with Crippen LogP contribution in [0, 0.1) is 6.92 Å². The monoisotopic (exact) mass is 417 g/mol. The summed E-state index contributed by atoms with van der Waals surface area (Å²) in [5.74, 6) is 1.43. The number of hydrogen-bond acceptors (Lipinski definition) is 8. The number of hydrogen-bond donors (Lipinski definition) is 0. The van der Waals surface area contributed by atoms with Gasteiger partial charge in [0, 0.05) is 32.4 Å². The topological polar surface area (TPSA) is 71.5 Å². The number of fused-ring (bicyclic) bond motifs is 1. The Morgan fingerprint density at radius 3 is 2.64 bits per heavy atom. The van der Waals surface area contributed by atoms with Crippen LogP contribution in [0.5, 0.6) is 0 Å². The molecule has 1 aliphatic heterocycles. The molecule has 0 aromatic carbocycles. The van der Waals surface area contributed by atoms with Crippen LogP contribution in [0.4, 0.5) is 11.6 Å². The number of nitrogens with zero attached hydrogens (tertiary/aromatic N) is 5. The number of piperazine rings is 1. The number of carbonyl (C=O) groups is 1. The second-order valence-electron chi connectivity index (χ2n) is 6.44. The number of carbonyl (C=O) groups excluding carboxylic acids is 1. The third-order valence-corrected chi connectivity index (χ3v) is 6.09. The van der Waals surface area contributed by atoms with Crippen molar-refractivity contribution in [3.8, 4) is 0 Å². The largest absolute Gasteiger partial charge is 0.462 e. The van der Waals surface area contributed by atoms with E-state index in [4.69, 9.17) is 16.3 Å². The van der Waals surface area contributed by atoms with Crippen LogP contribution in [0.1, 0.15) is 22.2 Å². The van der Waals surface area contributed by atoms with Crippen molar-refractivity contribution in [3.05, 3.63) is 40.1 Å². The molecule has 9 heteroatoms. The van der Waals surface area contributed by atoms with Crippen LogP contribution in [0.2, 0.25) is 5.28 Å². The molecule has 0 atom stereocenters. The summed E-state index contributed by atoms with van der Waals surface area (Å²) in [6.45, 7) is 7.26. The smallest absolute Gasteiger partial charge is 0.348 e. The zero-order valence-electron chi connectivity index (χ0n) is 15.7. The number of anilines is 2. The highest BCUT2D eigenvalue weighted by atomic mass is 35.5. The SMILES string of the molecule is CCOC(=O)c1sc2nc(Cl)nc(N3CCN(c4ccccn4)CC3)c2c1C. The predicted molar refractivity (Wildman–Crippen MR) is 112 cm³/mol. The van der Waals surface area contributed by atoms with E-state index in [0.717, 1.165) is 48.8 Å². The second kappa shape index (κ2) is 7.89. The van der Waals surface area contributed by atoms with E-state index in [-0.39, 0.29) is 11.3 Å². The van der Waals surface area contributed by atoms with Crippen molar-refractivity contribution >= 4 is 50.8 Å². The van der Waals surface area contributed by atoms with Crippen molar-refractivity contribution in [2.24, 2.45) is 0 Å². The van der Waals surface area contributed by atoms with Gasteiger partial charge in [-0.05, 0) is 43.1 Å². The van der Waals surface area contributed by atoms with Crippen molar-refractivity contribution in [1.29, 1.82) is 0 Å². The first-order valence-corrected chi connectivity index (χ1v) is 10.3. The summed E-state index contributed by atoms with van der Waals surface area (Å²) in [5.41, 5.74) is 0.845. The number of pyridine rings is 1. The molecule has 0 bridgehead atoms. The molecule has 3 aromatic rings. The number of aryl methyl sites for hydroxylation is 1. The van der Waals surface area contributed by atoms with E-state index in [0.29, 0.717) is 16.3 Å². The van der Waals surface area contributed by atoms with Crippen molar-refractivity contribution in [3.63, 3.8) is 0 Å². The van der Waals surface area contributed by atoms with Crippen molar-refractivity contribution < 1.29 is 9.53 Å². The maximum Gasteiger partial charge on any atom is 0.348 e. The van der Waals surface area contributed by atoms with Crippen LogP contribution < -0.4 is 9.80 Å². The summed E-state index contributed by atoms with van der Waals surface area (Å²) in [5, 5.41) is 1.06. The Bertz CT molecular complexity index is 1000. The number of esters is 1. The Balaban J connectivity index is 1.64. The molecule has 1 saturated heterocycles. The summed E-state index contributed by atoms with van der Waals surface area (Å²) in [6.07, 6.45) is 1.81. The number of ether oxygens (including phenoxy) is 1. The molecule has 0 saturated carbocycles. The number of aromatic nitrogens is 3. The highest BCUT2D eigenvalue weighted by molar-refractivity contribution is 7.20. The molecule has 0 spiro atoms. The Kier molecular flexibility index (Phi) is 5.32. The lowest BCUT2D eigenvalue weighted by Crippen LogP contribution is -2.47. The van der Waals surface area contributed by atoms with E-state index in [1.165, 1.54) is 11.3 Å². The lowest BCUT2D eigenvalue weighted by Gasteiger charge is -2.36. The van der Waals surface area contributed by atoms with Crippen molar-refractivity contribution in [2.75, 3.05) is 42.6 Å². The van der Waals surface area contributed by atoms with Gasteiger partial charge in [-0.25, -0.2) is 14.8 Å². The molecule has 28 heavy (non-hydrogen) atoms. The van der Waals surface area contributed by atoms with Crippen LogP contribution >= 0.6 is 22.9 Å². The van der Waals surface area contributed by atoms with Gasteiger partial charge in [0.1, 0.15) is 21.3 Å². The first kappa shape index (κ1) is 18.9. The zero-order valence-corrected chi connectivity index (χ0v) is 17.3. The molecule has 4 heterocycles. The molecular weight excluding hydrogens is 398 g/mol. The molecule has 146 valence electrons. The fourth-order valence-corrected chi connectivity index (χ4v) is 4.68. The van der Waals surface area contributed by atoms with Crippen molar-refractivity contribution in [1.82, 2.24) is 15.0 Å². The van der Waals surface area contributed by atoms with Gasteiger partial charge in [0.15, 0.2) is 0 Å². The quantitative estimate of drug-likeness (QED) is 0.474. The van der Waals surface area contributed by atoms with Gasteiger partial charge in [0.2, 0.25) is 5.28 Å². The minimum atomic E-state index is -0.329. The molecule has 0 aliphatic carbocycles. The van der Waals surface area contributed by atoms with Gasteiger partial charge in [0.05, 0.1) is 12.0 Å². The van der Waals surface area contributed by atoms with Gasteiger partial charge in [0.25, 0.3) is 0 Å². The Labute approximate surface area is 171 Å². The number of thiophene rings is 1. The van der Waals surface area contributed by atoms with E-state index in [9.17, 15) is 4.79 Å². The fraction of sp³-hybridized carbons (Fsp3) is 0.368. The summed E-state index contributed by atoms with van der Waals surface area (Å²) in [7, 11) is 0. The molecule has 3 aromatic heterocycles. The molecule has 0 amide bonds. The lowest BCUT2D eigenvalue weighted by molar-refractivity contribution is 0.0531. The molecule has 1 aliphatic rings. The Morgan fingerprint density at radius 1 is 1.21 bits per heavy atom. The van der Waals surface area contributed by atoms with E-state index >= 15 is 0 Å². The summed E-state index contributed by atoms with van der Waals surface area (Å²) < 4.78 is 5.18. The minimum Gasteiger partial charge on any atom is -0.462 e. The van der Waals surface area contributed by atoms with Gasteiger partial charge < -0.3 is 14.5 Å². The predicted octanol–water partition coefficient (Wildman–Crippen LogP) is 3.55. The van der Waals surface area contributed by atoms with E-state index in [1.54, 1.807) is 13.1 Å². The highest BCUT2D eigenvalue weighted by Crippen LogP contribution is 2.37. The standard InChI is InChI=1S/C19H20ClN5O2S/c1-3-27-18(26)15-12(2)14-16(22-19(20)23-17(14)28-15)25-10-8-24(9-11-25)13-6-4-5-7-21-13/h4-7H,3,8-11H2,1-2H3. The third kappa shape index (κ3) is 3.49. The molecular formula is C19H20ClN5O2S. The highest BCUT2D eigenvalue weighted by Gasteiger charge is 2.26. The average Bonchev–Trinajstić information content (AvgIpc) is 3.05. The van der Waals surface area contributed by atoms with Crippen LogP contribution in [0.3, 0.4) is 0 Å². The minimum absolute atomic E-state index is 0.186. The molecule has 1 fully saturated rings. The second-order valence-corrected chi connectivity index (χ2v) is 7.77. The first-order valence-electron chi connectivity index (χ1n) is 9.13. The molecule has 0 radical (unpaired) electrons. The Hall–Kier alpha value is -2.45. The summed E-state index contributed by atoms with van der Waals surface area (Å²) >= 11 is 7.50. The van der Waals surface area contributed by atoms with Gasteiger partial charge in [-0.1, -0.05) is 6.07 Å². The zero-order chi connectivity index (χ0) is 19.7. The van der Waals surface area contributed by atoms with Crippen LogP contribution in [-0.2, 0) is 4.74 Å². The van der Waals surface area contributed by atoms with Crippen molar-refractivity contribution in [2.45, 2.75) is 13.8 Å². The molecule has 0 unspecified atom stereocenters. The van der Waals surface area contributed by atoms with E-state index in [2.05, 4.69) is 24.8 Å². The maximum atomic E-state index is 12.3. The number of halogens is 1. The number of rotatable bonds is 4. The van der Waals surface area contributed by atoms with Crippen LogP contribution in [-0.4, -0.2) is 53.7 Å².